The first kappa shape index (κ1) is 25.0. The van der Waals surface area contributed by atoms with Gasteiger partial charge >= 0.3 is 15.2 Å². The van der Waals surface area contributed by atoms with Crippen LogP contribution < -0.4 is 5.32 Å². The molecule has 6 N–H and O–H groups in total. The highest BCUT2D eigenvalue weighted by Gasteiger charge is 2.46. The predicted molar refractivity (Wildman–Crippen MR) is 113 cm³/mol. The van der Waals surface area contributed by atoms with Gasteiger partial charge < -0.3 is 44.2 Å². The molecule has 17 heteroatoms. The molecule has 0 amide bonds. The number of hydrogen-bond acceptors (Lipinski definition) is 10. The van der Waals surface area contributed by atoms with Crippen LogP contribution in [0.3, 0.4) is 0 Å². The highest BCUT2D eigenvalue weighted by molar-refractivity contribution is 7.70. The number of nitrogens with one attached hydrogen (secondary N) is 1. The monoisotopic (exact) mass is 528 g/mol. The van der Waals surface area contributed by atoms with Gasteiger partial charge in [-0.1, -0.05) is 11.6 Å². The molecule has 6 atom stereocenters. The lowest BCUT2D eigenvalue weighted by atomic mass is 10.1. The van der Waals surface area contributed by atoms with E-state index in [2.05, 4.69) is 15.4 Å². The fraction of sp³-hybridized carbons (Fsp3) is 0.625. The van der Waals surface area contributed by atoms with E-state index in [0.717, 1.165) is 6.42 Å². The molecule has 2 saturated heterocycles. The van der Waals surface area contributed by atoms with Gasteiger partial charge in [0.25, 0.3) is 0 Å². The zero-order chi connectivity index (χ0) is 24.0. The Labute approximate surface area is 192 Å². The summed E-state index contributed by atoms with van der Waals surface area (Å²) in [5.41, 5.74) is 1.24. The Morgan fingerprint density at radius 3 is 2.70 bits per heavy atom. The van der Waals surface area contributed by atoms with Gasteiger partial charge in [-0.2, -0.15) is 5.10 Å². The Morgan fingerprint density at radius 2 is 2.03 bits per heavy atom. The molecule has 184 valence electrons. The number of fused-ring (bicyclic) bond motifs is 1. The molecule has 0 saturated carbocycles. The van der Waals surface area contributed by atoms with E-state index >= 15 is 0 Å². The Morgan fingerprint density at radius 1 is 1.27 bits per heavy atom. The van der Waals surface area contributed by atoms with Gasteiger partial charge in [0, 0.05) is 12.7 Å². The number of rotatable bonds is 8. The minimum atomic E-state index is -4.81. The Hall–Kier alpha value is -1.15. The number of imidazole rings is 1. The lowest BCUT2D eigenvalue weighted by Gasteiger charge is -2.18. The quantitative estimate of drug-likeness (QED) is 0.251. The number of anilines is 1. The summed E-state index contributed by atoms with van der Waals surface area (Å²) < 4.78 is 39.9. The molecule has 1 unspecified atom stereocenters. The second-order valence-electron chi connectivity index (χ2n) is 7.82. The van der Waals surface area contributed by atoms with E-state index in [9.17, 15) is 24.2 Å². The maximum atomic E-state index is 11.9. The predicted octanol–water partition coefficient (Wildman–Crippen LogP) is 0.0824. The van der Waals surface area contributed by atoms with Crippen molar-refractivity contribution < 1.29 is 48.0 Å². The molecule has 33 heavy (non-hydrogen) atoms. The van der Waals surface area contributed by atoms with Gasteiger partial charge in [0.1, 0.15) is 24.4 Å². The van der Waals surface area contributed by atoms with E-state index in [1.165, 1.54) is 10.7 Å². The number of hydrogen-bond donors (Lipinski definition) is 6. The Kier molecular flexibility index (Phi) is 7.17. The molecular weight excluding hydrogens is 506 g/mol. The fourth-order valence-corrected chi connectivity index (χ4v) is 6.47. The number of aliphatic hydroxyl groups is 2. The molecule has 2 aliphatic heterocycles. The van der Waals surface area contributed by atoms with Crippen molar-refractivity contribution in [2.45, 2.75) is 36.9 Å². The second kappa shape index (κ2) is 9.48. The molecule has 4 heterocycles. The van der Waals surface area contributed by atoms with Crippen molar-refractivity contribution in [3.05, 3.63) is 23.1 Å². The average molecular weight is 529 g/mol. The fourth-order valence-electron chi connectivity index (χ4n) is 3.72. The first-order chi connectivity index (χ1) is 15.4. The van der Waals surface area contributed by atoms with E-state index in [1.807, 2.05) is 0 Å². The number of aromatic nitrogens is 3. The van der Waals surface area contributed by atoms with Gasteiger partial charge in [-0.15, -0.1) is 0 Å². The van der Waals surface area contributed by atoms with Gasteiger partial charge in [0.05, 0.1) is 36.8 Å². The van der Waals surface area contributed by atoms with Crippen LogP contribution in [0.15, 0.2) is 12.3 Å². The maximum absolute atomic E-state index is 11.9. The van der Waals surface area contributed by atoms with Crippen LogP contribution in [-0.2, 0) is 23.1 Å². The topological polar surface area (TPSA) is 205 Å². The molecule has 0 aromatic carbocycles. The van der Waals surface area contributed by atoms with Crippen LogP contribution in [0.2, 0.25) is 5.15 Å². The lowest BCUT2D eigenvalue weighted by Crippen LogP contribution is -2.33. The summed E-state index contributed by atoms with van der Waals surface area (Å²) in [6, 6.07) is 1.66. The highest BCUT2D eigenvalue weighted by Crippen LogP contribution is 2.55. The number of ether oxygens (including phenoxy) is 2. The number of nitrogens with zero attached hydrogens (tertiary/aromatic N) is 3. The smallest absolute Gasteiger partial charge is 0.340 e. The Bertz CT molecular complexity index is 1110. The van der Waals surface area contributed by atoms with Crippen molar-refractivity contribution >= 4 is 38.1 Å². The van der Waals surface area contributed by atoms with Crippen LogP contribution in [0, 0.1) is 0 Å². The van der Waals surface area contributed by atoms with Crippen molar-refractivity contribution in [2.24, 2.45) is 0 Å². The van der Waals surface area contributed by atoms with Crippen molar-refractivity contribution in [1.29, 1.82) is 0 Å². The average Bonchev–Trinajstić information content (AvgIpc) is 3.40. The molecule has 4 rings (SSSR count). The van der Waals surface area contributed by atoms with Crippen LogP contribution in [0.5, 0.6) is 0 Å². The summed E-state index contributed by atoms with van der Waals surface area (Å²) in [5, 5.41) is 28.5. The molecular formula is C16H23ClN4O10P2. The second-order valence-corrected chi connectivity index (χ2v) is 12.2. The minimum Gasteiger partial charge on any atom is -0.387 e. The molecule has 2 aromatic heterocycles. The number of aliphatic hydroxyl groups excluding tert-OH is 2. The zero-order valence-corrected chi connectivity index (χ0v) is 19.5. The van der Waals surface area contributed by atoms with E-state index in [0.29, 0.717) is 24.5 Å². The van der Waals surface area contributed by atoms with Gasteiger partial charge in [-0.3, -0.25) is 9.13 Å². The molecule has 2 aliphatic rings. The normalized spacial score (nSPS) is 30.1. The third-order valence-electron chi connectivity index (χ3n) is 5.21. The number of halogens is 1. The summed E-state index contributed by atoms with van der Waals surface area (Å²) >= 11 is 6.17. The van der Waals surface area contributed by atoms with Crippen molar-refractivity contribution in [1.82, 2.24) is 14.6 Å². The summed E-state index contributed by atoms with van der Waals surface area (Å²) in [4.78, 5) is 31.7. The Balaban J connectivity index is 1.53. The van der Waals surface area contributed by atoms with E-state index < -0.39 is 52.1 Å². The molecule has 0 bridgehead atoms. The first-order valence-corrected chi connectivity index (χ1v) is 13.8. The third-order valence-corrected chi connectivity index (χ3v) is 8.85. The van der Waals surface area contributed by atoms with Crippen molar-refractivity contribution in [2.75, 3.05) is 31.0 Å². The van der Waals surface area contributed by atoms with Gasteiger partial charge in [-0.05, 0) is 6.42 Å². The zero-order valence-electron chi connectivity index (χ0n) is 17.0. The van der Waals surface area contributed by atoms with Crippen LogP contribution in [0.25, 0.3) is 5.65 Å². The van der Waals surface area contributed by atoms with Gasteiger partial charge in [0.15, 0.2) is 16.7 Å². The van der Waals surface area contributed by atoms with Crippen LogP contribution >= 0.6 is 26.8 Å². The SMILES string of the molecule is O=P(O)(O)CP(=O)(O)OC[C@H]1O[C@@H](c2cnc3c(N[C@@H]4CCOC4)cc(Cl)nn23)[C@H](O)[C@@H]1O. The highest BCUT2D eigenvalue weighted by atomic mass is 35.5. The molecule has 0 spiro atoms. The molecule has 14 nitrogen and oxygen atoms in total. The summed E-state index contributed by atoms with van der Waals surface area (Å²) in [7, 11) is -9.47. The lowest BCUT2D eigenvalue weighted by molar-refractivity contribution is -0.0204. The van der Waals surface area contributed by atoms with E-state index in [1.54, 1.807) is 6.07 Å². The maximum Gasteiger partial charge on any atom is 0.340 e. The standard InChI is InChI=1S/C16H23ClN4O10P2/c17-12-3-9(19-8-1-2-29-5-8)16-18-4-10(21(16)20-12)15-14(23)13(22)11(31-15)6-30-33(27,28)7-32(24,25)26/h3-4,8,11,13-15,19,22-23H,1-2,5-7H2,(H,27,28)(H2,24,25,26)/t8-,11-,13-,14-,15+/m1/s1. The van der Waals surface area contributed by atoms with Gasteiger partial charge in [0.2, 0.25) is 0 Å². The largest absolute Gasteiger partial charge is 0.387 e. The minimum absolute atomic E-state index is 0.0615. The third kappa shape index (κ3) is 5.75. The van der Waals surface area contributed by atoms with Crippen molar-refractivity contribution in [3.8, 4) is 0 Å². The summed E-state index contributed by atoms with van der Waals surface area (Å²) in [6.07, 6.45) is -3.21. The molecule has 2 fully saturated rings. The first-order valence-electron chi connectivity index (χ1n) is 9.84. The summed E-state index contributed by atoms with van der Waals surface area (Å²) in [6.45, 7) is 0.460. The van der Waals surface area contributed by atoms with E-state index in [-0.39, 0.29) is 16.9 Å². The van der Waals surface area contributed by atoms with Crippen LogP contribution in [-0.4, -0.2) is 89.6 Å². The molecule has 2 aromatic rings. The van der Waals surface area contributed by atoms with Crippen LogP contribution in [0.1, 0.15) is 18.2 Å². The van der Waals surface area contributed by atoms with Gasteiger partial charge in [-0.25, -0.2) is 9.50 Å². The molecule has 0 radical (unpaired) electrons. The van der Waals surface area contributed by atoms with Crippen LogP contribution in [0.4, 0.5) is 5.69 Å². The molecule has 0 aliphatic carbocycles. The summed E-state index contributed by atoms with van der Waals surface area (Å²) in [5.74, 6) is -1.38. The van der Waals surface area contributed by atoms with E-state index in [4.69, 9.17) is 35.4 Å². The van der Waals surface area contributed by atoms with Crippen molar-refractivity contribution in [3.63, 3.8) is 0 Å².